The van der Waals surface area contributed by atoms with Crippen molar-refractivity contribution in [3.63, 3.8) is 0 Å². The molecular formula is C12H19NO2. The molecule has 0 bridgehead atoms. The van der Waals surface area contributed by atoms with Crippen molar-refractivity contribution in [2.45, 2.75) is 38.4 Å². The van der Waals surface area contributed by atoms with Gasteiger partial charge in [0.25, 0.3) is 0 Å². The molecule has 1 atom stereocenters. The Morgan fingerprint density at radius 1 is 1.13 bits per heavy atom. The molecule has 4 N–H and O–H groups in total. The number of nitrogen functional groups attached to an aromatic ring is 1. The standard InChI is InChI=1S/C12H19NO2/c1-11(2,14)12(3,15)8-9-6-4-5-7-10(9)13/h4-7,14-15H,8,13H2,1-3H3. The molecule has 1 aromatic rings. The van der Waals surface area contributed by atoms with Gasteiger partial charge in [-0.1, -0.05) is 18.2 Å². The maximum absolute atomic E-state index is 10.1. The van der Waals surface area contributed by atoms with Gasteiger partial charge in [-0.15, -0.1) is 0 Å². The molecule has 1 rings (SSSR count). The Labute approximate surface area is 90.5 Å². The van der Waals surface area contributed by atoms with Crippen molar-refractivity contribution < 1.29 is 10.2 Å². The third-order valence-corrected chi connectivity index (χ3v) is 2.91. The summed E-state index contributed by atoms with van der Waals surface area (Å²) in [6.45, 7) is 4.79. The first kappa shape index (κ1) is 12.0. The second-order valence-electron chi connectivity index (χ2n) is 4.71. The van der Waals surface area contributed by atoms with E-state index in [-0.39, 0.29) is 0 Å². The van der Waals surface area contributed by atoms with Crippen molar-refractivity contribution in [3.8, 4) is 0 Å². The number of rotatable bonds is 3. The van der Waals surface area contributed by atoms with Crippen molar-refractivity contribution in [1.29, 1.82) is 0 Å². The van der Waals surface area contributed by atoms with Gasteiger partial charge in [0, 0.05) is 12.1 Å². The maximum atomic E-state index is 10.1. The van der Waals surface area contributed by atoms with Gasteiger partial charge in [-0.25, -0.2) is 0 Å². The van der Waals surface area contributed by atoms with Crippen LogP contribution in [-0.4, -0.2) is 21.4 Å². The van der Waals surface area contributed by atoms with Gasteiger partial charge < -0.3 is 15.9 Å². The van der Waals surface area contributed by atoms with Crippen LogP contribution in [-0.2, 0) is 6.42 Å². The Morgan fingerprint density at radius 2 is 1.67 bits per heavy atom. The minimum atomic E-state index is -1.19. The Balaban J connectivity index is 2.92. The molecule has 0 spiro atoms. The van der Waals surface area contributed by atoms with Crippen LogP contribution in [0.5, 0.6) is 0 Å². The summed E-state index contributed by atoms with van der Waals surface area (Å²) < 4.78 is 0. The molecule has 0 radical (unpaired) electrons. The molecule has 15 heavy (non-hydrogen) atoms. The number of hydrogen-bond acceptors (Lipinski definition) is 3. The summed E-state index contributed by atoms with van der Waals surface area (Å²) >= 11 is 0. The van der Waals surface area contributed by atoms with Crippen LogP contribution in [0.1, 0.15) is 26.3 Å². The summed E-state index contributed by atoms with van der Waals surface area (Å²) in [7, 11) is 0. The third-order valence-electron chi connectivity index (χ3n) is 2.91. The summed E-state index contributed by atoms with van der Waals surface area (Å²) in [6, 6.07) is 7.36. The zero-order valence-electron chi connectivity index (χ0n) is 9.49. The van der Waals surface area contributed by atoms with E-state index in [2.05, 4.69) is 0 Å². The number of hydrogen-bond donors (Lipinski definition) is 3. The first-order valence-corrected chi connectivity index (χ1v) is 5.02. The van der Waals surface area contributed by atoms with Crippen molar-refractivity contribution in [3.05, 3.63) is 29.8 Å². The van der Waals surface area contributed by atoms with Gasteiger partial charge in [0.1, 0.15) is 0 Å². The highest BCUT2D eigenvalue weighted by atomic mass is 16.3. The van der Waals surface area contributed by atoms with E-state index in [1.165, 1.54) is 0 Å². The summed E-state index contributed by atoms with van der Waals surface area (Å²) in [6.07, 6.45) is 0.336. The van der Waals surface area contributed by atoms with Gasteiger partial charge in [-0.2, -0.15) is 0 Å². The Morgan fingerprint density at radius 3 is 2.13 bits per heavy atom. The fourth-order valence-corrected chi connectivity index (χ4v) is 1.28. The number of nitrogens with two attached hydrogens (primary N) is 1. The molecule has 84 valence electrons. The van der Waals surface area contributed by atoms with Crippen molar-refractivity contribution in [2.75, 3.05) is 5.73 Å². The van der Waals surface area contributed by atoms with Gasteiger partial charge in [0.15, 0.2) is 0 Å². The van der Waals surface area contributed by atoms with Crippen LogP contribution < -0.4 is 5.73 Å². The fraction of sp³-hybridized carbons (Fsp3) is 0.500. The molecule has 0 fully saturated rings. The summed E-state index contributed by atoms with van der Waals surface area (Å²) in [5.74, 6) is 0. The molecule has 0 heterocycles. The number of aliphatic hydroxyl groups is 2. The smallest absolute Gasteiger partial charge is 0.0940 e. The average molecular weight is 209 g/mol. The predicted molar refractivity (Wildman–Crippen MR) is 61.5 cm³/mol. The van der Waals surface area contributed by atoms with Crippen LogP contribution in [0.25, 0.3) is 0 Å². The molecule has 0 aliphatic carbocycles. The van der Waals surface area contributed by atoms with E-state index in [0.29, 0.717) is 12.1 Å². The fourth-order valence-electron chi connectivity index (χ4n) is 1.28. The highest BCUT2D eigenvalue weighted by Crippen LogP contribution is 2.27. The average Bonchev–Trinajstić information content (AvgIpc) is 2.06. The molecule has 0 amide bonds. The monoisotopic (exact) mass is 209 g/mol. The van der Waals surface area contributed by atoms with Crippen LogP contribution in [0.3, 0.4) is 0 Å². The zero-order valence-corrected chi connectivity index (χ0v) is 9.49. The predicted octanol–water partition coefficient (Wildman–Crippen LogP) is 1.33. The molecule has 0 saturated carbocycles. The number of benzene rings is 1. The maximum Gasteiger partial charge on any atom is 0.0940 e. The van der Waals surface area contributed by atoms with Crippen molar-refractivity contribution in [1.82, 2.24) is 0 Å². The topological polar surface area (TPSA) is 66.5 Å². The lowest BCUT2D eigenvalue weighted by atomic mass is 9.82. The van der Waals surface area contributed by atoms with Gasteiger partial charge in [0.2, 0.25) is 0 Å². The van der Waals surface area contributed by atoms with Crippen LogP contribution in [0.2, 0.25) is 0 Å². The minimum absolute atomic E-state index is 0.336. The van der Waals surface area contributed by atoms with E-state index < -0.39 is 11.2 Å². The highest BCUT2D eigenvalue weighted by Gasteiger charge is 2.37. The molecule has 0 aliphatic rings. The SMILES string of the molecule is CC(C)(O)C(C)(O)Cc1ccccc1N. The summed E-state index contributed by atoms with van der Waals surface area (Å²) in [5.41, 5.74) is 4.92. The first-order valence-electron chi connectivity index (χ1n) is 5.02. The lowest BCUT2D eigenvalue weighted by Gasteiger charge is -2.36. The molecule has 1 aromatic carbocycles. The Bertz CT molecular complexity index is 340. The lowest BCUT2D eigenvalue weighted by Crippen LogP contribution is -2.49. The van der Waals surface area contributed by atoms with E-state index in [4.69, 9.17) is 5.73 Å². The number of anilines is 1. The van der Waals surface area contributed by atoms with E-state index in [1.54, 1.807) is 26.8 Å². The molecule has 1 unspecified atom stereocenters. The summed E-state index contributed by atoms with van der Waals surface area (Å²) in [5, 5.41) is 19.9. The van der Waals surface area contributed by atoms with E-state index >= 15 is 0 Å². The van der Waals surface area contributed by atoms with Crippen LogP contribution in [0.4, 0.5) is 5.69 Å². The van der Waals surface area contributed by atoms with E-state index in [1.807, 2.05) is 18.2 Å². The van der Waals surface area contributed by atoms with Crippen LogP contribution in [0, 0.1) is 0 Å². The number of para-hydroxylation sites is 1. The van der Waals surface area contributed by atoms with E-state index in [0.717, 1.165) is 5.56 Å². The van der Waals surface area contributed by atoms with Gasteiger partial charge >= 0.3 is 0 Å². The first-order chi connectivity index (χ1) is 6.74. The summed E-state index contributed by atoms with van der Waals surface area (Å²) in [4.78, 5) is 0. The van der Waals surface area contributed by atoms with Crippen LogP contribution in [0.15, 0.2) is 24.3 Å². The Hall–Kier alpha value is -1.06. The van der Waals surface area contributed by atoms with Crippen molar-refractivity contribution >= 4 is 5.69 Å². The molecule has 0 saturated heterocycles. The molecule has 3 heteroatoms. The molecule has 0 aliphatic heterocycles. The van der Waals surface area contributed by atoms with Gasteiger partial charge in [0.05, 0.1) is 11.2 Å². The minimum Gasteiger partial charge on any atom is -0.399 e. The lowest BCUT2D eigenvalue weighted by molar-refractivity contribution is -0.118. The largest absolute Gasteiger partial charge is 0.399 e. The van der Waals surface area contributed by atoms with E-state index in [9.17, 15) is 10.2 Å². The molecular weight excluding hydrogens is 190 g/mol. The molecule has 0 aromatic heterocycles. The van der Waals surface area contributed by atoms with Gasteiger partial charge in [-0.05, 0) is 32.4 Å². The molecule has 3 nitrogen and oxygen atoms in total. The highest BCUT2D eigenvalue weighted by molar-refractivity contribution is 5.47. The zero-order chi connectivity index (χ0) is 11.7. The van der Waals surface area contributed by atoms with Crippen molar-refractivity contribution in [2.24, 2.45) is 0 Å². The van der Waals surface area contributed by atoms with Gasteiger partial charge in [-0.3, -0.25) is 0 Å². The third kappa shape index (κ3) is 2.70. The normalized spacial score (nSPS) is 16.1. The quantitative estimate of drug-likeness (QED) is 0.658. The second-order valence-corrected chi connectivity index (χ2v) is 4.71. The second kappa shape index (κ2) is 3.83. The van der Waals surface area contributed by atoms with Crippen LogP contribution >= 0.6 is 0 Å². The Kier molecular flexibility index (Phi) is 3.07.